The molecule has 0 unspecified atom stereocenters. The van der Waals surface area contributed by atoms with Crippen molar-refractivity contribution < 1.29 is 37.8 Å². The summed E-state index contributed by atoms with van der Waals surface area (Å²) in [5.41, 5.74) is 0.725. The third kappa shape index (κ3) is 6.26. The molecule has 0 bridgehead atoms. The van der Waals surface area contributed by atoms with Crippen molar-refractivity contribution in [3.05, 3.63) is 94.5 Å². The van der Waals surface area contributed by atoms with Crippen LogP contribution in [0.15, 0.2) is 66.7 Å². The minimum absolute atomic E-state index is 0.0423. The van der Waals surface area contributed by atoms with Gasteiger partial charge in [0.15, 0.2) is 0 Å². The number of aryl methyl sites for hydroxylation is 1. The number of amides is 1. The largest absolute Gasteiger partial charge is 0.481 e. The molecule has 0 saturated carbocycles. The van der Waals surface area contributed by atoms with Gasteiger partial charge in [-0.15, -0.1) is 0 Å². The molecule has 9 heteroatoms. The molecular weight excluding hydrogens is 463 g/mol. The molecule has 6 nitrogen and oxygen atoms in total. The molecule has 3 N–H and O–H groups in total. The first kappa shape index (κ1) is 25.5. The van der Waals surface area contributed by atoms with E-state index in [0.29, 0.717) is 16.7 Å². The van der Waals surface area contributed by atoms with Gasteiger partial charge in [0, 0.05) is 11.6 Å². The number of alkyl halides is 3. The molecule has 1 amide bonds. The number of nitrogens with one attached hydrogen (secondary N) is 1. The molecule has 0 fully saturated rings. The quantitative estimate of drug-likeness (QED) is 0.407. The second-order valence-corrected chi connectivity index (χ2v) is 8.01. The molecule has 3 aromatic rings. The molecule has 0 aromatic heterocycles. The number of carbonyl (C=O) groups is 3. The maximum Gasteiger partial charge on any atom is 0.416 e. The van der Waals surface area contributed by atoms with E-state index < -0.39 is 42.0 Å². The van der Waals surface area contributed by atoms with E-state index in [4.69, 9.17) is 0 Å². The minimum Gasteiger partial charge on any atom is -0.481 e. The first-order valence-corrected chi connectivity index (χ1v) is 10.6. The second-order valence-electron chi connectivity index (χ2n) is 8.01. The summed E-state index contributed by atoms with van der Waals surface area (Å²) in [6.45, 7) is 1.75. The smallest absolute Gasteiger partial charge is 0.416 e. The van der Waals surface area contributed by atoms with Crippen molar-refractivity contribution >= 4 is 17.8 Å². The van der Waals surface area contributed by atoms with Crippen molar-refractivity contribution in [1.29, 1.82) is 0 Å². The van der Waals surface area contributed by atoms with E-state index in [9.17, 15) is 37.8 Å². The van der Waals surface area contributed by atoms with Crippen LogP contribution in [0.4, 0.5) is 13.2 Å². The van der Waals surface area contributed by atoms with Crippen LogP contribution in [-0.2, 0) is 17.4 Å². The molecule has 3 aromatic carbocycles. The van der Waals surface area contributed by atoms with E-state index in [-0.39, 0.29) is 23.1 Å². The van der Waals surface area contributed by atoms with E-state index in [1.807, 2.05) is 0 Å². The van der Waals surface area contributed by atoms with Gasteiger partial charge in [-0.25, -0.2) is 4.79 Å². The van der Waals surface area contributed by atoms with Crippen molar-refractivity contribution in [1.82, 2.24) is 5.32 Å². The van der Waals surface area contributed by atoms with E-state index >= 15 is 0 Å². The Labute approximate surface area is 199 Å². The predicted octanol–water partition coefficient (Wildman–Crippen LogP) is 5.19. The van der Waals surface area contributed by atoms with Gasteiger partial charge >= 0.3 is 18.1 Å². The Morgan fingerprint density at radius 3 is 2.23 bits per heavy atom. The standard InChI is InChI=1S/C26H22F3NO5/c1-15-10-11-17(13-21(15)19-7-3-4-8-20(19)25(34)35)24(33)30-18(14-23(31)32)12-16-6-2-5-9-22(16)26(27,28)29/h2-11,13,18H,12,14H2,1H3,(H,30,33)(H,31,32)(H,34,35)/t18-/m1/s1. The number of benzene rings is 3. The Kier molecular flexibility index (Phi) is 7.58. The topological polar surface area (TPSA) is 104 Å². The lowest BCUT2D eigenvalue weighted by molar-refractivity contribution is -0.138. The number of aromatic carboxylic acids is 1. The lowest BCUT2D eigenvalue weighted by atomic mass is 9.93. The summed E-state index contributed by atoms with van der Waals surface area (Å²) in [7, 11) is 0. The van der Waals surface area contributed by atoms with Gasteiger partial charge in [-0.3, -0.25) is 9.59 Å². The van der Waals surface area contributed by atoms with E-state index in [1.54, 1.807) is 31.2 Å². The van der Waals surface area contributed by atoms with Crippen molar-refractivity contribution in [2.75, 3.05) is 0 Å². The lowest BCUT2D eigenvalue weighted by Gasteiger charge is -2.20. The van der Waals surface area contributed by atoms with E-state index in [2.05, 4.69) is 5.32 Å². The van der Waals surface area contributed by atoms with Crippen LogP contribution in [0.3, 0.4) is 0 Å². The third-order valence-corrected chi connectivity index (χ3v) is 5.49. The SMILES string of the molecule is Cc1ccc(C(=O)N[C@@H](CC(=O)O)Cc2ccccc2C(F)(F)F)cc1-c1ccccc1C(=O)O. The fourth-order valence-electron chi connectivity index (χ4n) is 3.85. The molecule has 0 heterocycles. The van der Waals surface area contributed by atoms with E-state index in [0.717, 1.165) is 6.07 Å². The first-order valence-electron chi connectivity index (χ1n) is 10.6. The monoisotopic (exact) mass is 485 g/mol. The highest BCUT2D eigenvalue weighted by molar-refractivity contribution is 5.99. The van der Waals surface area contributed by atoms with Crippen molar-refractivity contribution in [3.8, 4) is 11.1 Å². The van der Waals surface area contributed by atoms with Crippen molar-refractivity contribution in [3.63, 3.8) is 0 Å². The minimum atomic E-state index is -4.63. The number of hydrogen-bond acceptors (Lipinski definition) is 3. The fraction of sp³-hybridized carbons (Fsp3) is 0.192. The third-order valence-electron chi connectivity index (χ3n) is 5.49. The van der Waals surface area contributed by atoms with Crippen LogP contribution in [0, 0.1) is 6.92 Å². The number of carboxylic acids is 2. The number of carbonyl (C=O) groups excluding carboxylic acids is 1. The highest BCUT2D eigenvalue weighted by Crippen LogP contribution is 2.33. The summed E-state index contributed by atoms with van der Waals surface area (Å²) < 4.78 is 40.1. The molecule has 1 atom stereocenters. The first-order chi connectivity index (χ1) is 16.5. The van der Waals surface area contributed by atoms with Gasteiger partial charge in [-0.05, 0) is 59.9 Å². The fourth-order valence-corrected chi connectivity index (χ4v) is 3.85. The number of halogens is 3. The maximum atomic E-state index is 13.4. The van der Waals surface area contributed by atoms with Crippen LogP contribution in [-0.4, -0.2) is 34.1 Å². The maximum absolute atomic E-state index is 13.4. The molecule has 0 aliphatic heterocycles. The van der Waals surface area contributed by atoms with Crippen LogP contribution in [0.1, 0.15) is 43.8 Å². The van der Waals surface area contributed by atoms with Gasteiger partial charge in [0.25, 0.3) is 5.91 Å². The highest BCUT2D eigenvalue weighted by atomic mass is 19.4. The second kappa shape index (κ2) is 10.4. The Balaban J connectivity index is 1.92. The zero-order chi connectivity index (χ0) is 25.8. The molecule has 182 valence electrons. The normalized spacial score (nSPS) is 12.1. The Morgan fingerprint density at radius 2 is 1.57 bits per heavy atom. The van der Waals surface area contributed by atoms with Gasteiger partial charge < -0.3 is 15.5 Å². The molecule has 0 saturated heterocycles. The average Bonchev–Trinajstić information content (AvgIpc) is 2.78. The Hall–Kier alpha value is -4.14. The summed E-state index contributed by atoms with van der Waals surface area (Å²) in [4.78, 5) is 36.0. The van der Waals surface area contributed by atoms with Crippen molar-refractivity contribution in [2.45, 2.75) is 32.0 Å². The van der Waals surface area contributed by atoms with E-state index in [1.165, 1.54) is 36.4 Å². The van der Waals surface area contributed by atoms with Crippen molar-refractivity contribution in [2.24, 2.45) is 0 Å². The van der Waals surface area contributed by atoms with Gasteiger partial charge in [-0.2, -0.15) is 13.2 Å². The van der Waals surface area contributed by atoms with Crippen LogP contribution in [0.5, 0.6) is 0 Å². The van der Waals surface area contributed by atoms with Gasteiger partial charge in [0.2, 0.25) is 0 Å². The van der Waals surface area contributed by atoms with Gasteiger partial charge in [0.05, 0.1) is 17.5 Å². The molecular formula is C26H22F3NO5. The van der Waals surface area contributed by atoms with Crippen LogP contribution < -0.4 is 5.32 Å². The summed E-state index contributed by atoms with van der Waals surface area (Å²) in [5.74, 6) is -3.10. The zero-order valence-corrected chi connectivity index (χ0v) is 18.6. The summed E-state index contributed by atoms with van der Waals surface area (Å²) in [5, 5.41) is 21.3. The predicted molar refractivity (Wildman–Crippen MR) is 122 cm³/mol. The van der Waals surface area contributed by atoms with Crippen LogP contribution in [0.25, 0.3) is 11.1 Å². The summed E-state index contributed by atoms with van der Waals surface area (Å²) >= 11 is 0. The van der Waals surface area contributed by atoms with Crippen LogP contribution in [0.2, 0.25) is 0 Å². The van der Waals surface area contributed by atoms with Gasteiger partial charge in [-0.1, -0.05) is 42.5 Å². The zero-order valence-electron chi connectivity index (χ0n) is 18.6. The van der Waals surface area contributed by atoms with Crippen LogP contribution >= 0.6 is 0 Å². The number of aliphatic carboxylic acids is 1. The lowest BCUT2D eigenvalue weighted by Crippen LogP contribution is -2.38. The number of carboxylic acid groups (broad SMARTS) is 2. The molecule has 0 aliphatic carbocycles. The highest BCUT2D eigenvalue weighted by Gasteiger charge is 2.33. The number of hydrogen-bond donors (Lipinski definition) is 3. The Bertz CT molecular complexity index is 1270. The molecule has 0 radical (unpaired) electrons. The summed E-state index contributed by atoms with van der Waals surface area (Å²) in [6.07, 6.45) is -5.55. The molecule has 0 aliphatic rings. The van der Waals surface area contributed by atoms with Gasteiger partial charge in [0.1, 0.15) is 0 Å². The molecule has 3 rings (SSSR count). The Morgan fingerprint density at radius 1 is 0.914 bits per heavy atom. The summed E-state index contributed by atoms with van der Waals surface area (Å²) in [6, 6.07) is 14.6. The average molecular weight is 485 g/mol. The molecule has 35 heavy (non-hydrogen) atoms. The number of rotatable bonds is 8. The molecule has 0 spiro atoms.